The van der Waals surface area contributed by atoms with Crippen LogP contribution in [0.5, 0.6) is 0 Å². The molecule has 2 aromatic carbocycles. The Balaban J connectivity index is 2.32. The molecule has 0 aliphatic rings. The lowest BCUT2D eigenvalue weighted by Gasteiger charge is -2.05. The van der Waals surface area contributed by atoms with Gasteiger partial charge in [0.2, 0.25) is 0 Å². The van der Waals surface area contributed by atoms with Crippen LogP contribution in [0.4, 0.5) is 0 Å². The summed E-state index contributed by atoms with van der Waals surface area (Å²) in [5, 5.41) is 18.4. The van der Waals surface area contributed by atoms with Gasteiger partial charge in [0.15, 0.2) is 0 Å². The molecule has 0 radical (unpaired) electrons. The van der Waals surface area contributed by atoms with Gasteiger partial charge in [0.05, 0.1) is 0 Å². The van der Waals surface area contributed by atoms with E-state index in [1.807, 2.05) is 44.2 Å². The van der Waals surface area contributed by atoms with E-state index in [0.717, 1.165) is 23.1 Å². The van der Waals surface area contributed by atoms with Crippen LogP contribution in [0, 0.1) is 18.8 Å². The molecular weight excluding hydrogens is 247 g/mol. The molecule has 0 saturated heterocycles. The standard InChI is InChI=1S/C17H17BO2/c1-3-15-12-17(18(19)20)11-10-16(15)9-8-14-6-4-13(2)5-7-14/h4-7,10-12,19-20H,3H2,1-2H3. The van der Waals surface area contributed by atoms with Gasteiger partial charge < -0.3 is 10.0 Å². The van der Waals surface area contributed by atoms with E-state index in [-0.39, 0.29) is 0 Å². The van der Waals surface area contributed by atoms with Crippen molar-refractivity contribution in [3.05, 3.63) is 64.7 Å². The quantitative estimate of drug-likeness (QED) is 0.639. The normalized spacial score (nSPS) is 9.80. The van der Waals surface area contributed by atoms with Crippen LogP contribution < -0.4 is 5.46 Å². The van der Waals surface area contributed by atoms with E-state index in [1.54, 1.807) is 12.1 Å². The minimum absolute atomic E-state index is 0.503. The summed E-state index contributed by atoms with van der Waals surface area (Å²) in [6, 6.07) is 13.4. The van der Waals surface area contributed by atoms with Gasteiger partial charge in [0, 0.05) is 11.1 Å². The Kier molecular flexibility index (Phi) is 4.63. The number of rotatable bonds is 2. The summed E-state index contributed by atoms with van der Waals surface area (Å²) >= 11 is 0. The van der Waals surface area contributed by atoms with Gasteiger partial charge in [0.25, 0.3) is 0 Å². The van der Waals surface area contributed by atoms with E-state index < -0.39 is 7.12 Å². The molecule has 2 nitrogen and oxygen atoms in total. The Morgan fingerprint density at radius 3 is 2.30 bits per heavy atom. The molecule has 0 amide bonds. The summed E-state index contributed by atoms with van der Waals surface area (Å²) in [5.41, 5.74) is 4.64. The van der Waals surface area contributed by atoms with Gasteiger partial charge in [-0.25, -0.2) is 0 Å². The zero-order valence-corrected chi connectivity index (χ0v) is 11.7. The molecule has 2 N–H and O–H groups in total. The maximum absolute atomic E-state index is 9.19. The molecule has 0 saturated carbocycles. The first kappa shape index (κ1) is 14.4. The van der Waals surface area contributed by atoms with Crippen LogP contribution >= 0.6 is 0 Å². The molecule has 100 valence electrons. The Hall–Kier alpha value is -2.02. The second-order valence-electron chi connectivity index (χ2n) is 4.76. The van der Waals surface area contributed by atoms with Crippen LogP contribution in [0.2, 0.25) is 0 Å². The zero-order chi connectivity index (χ0) is 14.5. The fraction of sp³-hybridized carbons (Fsp3) is 0.176. The van der Waals surface area contributed by atoms with Crippen molar-refractivity contribution in [2.45, 2.75) is 20.3 Å². The second-order valence-corrected chi connectivity index (χ2v) is 4.76. The molecule has 0 spiro atoms. The van der Waals surface area contributed by atoms with Crippen molar-refractivity contribution in [1.29, 1.82) is 0 Å². The number of hydrogen-bond acceptors (Lipinski definition) is 2. The SMILES string of the molecule is CCc1cc(B(O)O)ccc1C#Cc1ccc(C)cc1. The van der Waals surface area contributed by atoms with E-state index in [0.29, 0.717) is 5.46 Å². The van der Waals surface area contributed by atoms with Gasteiger partial charge in [-0.2, -0.15) is 0 Å². The summed E-state index contributed by atoms with van der Waals surface area (Å²) in [6.45, 7) is 4.07. The van der Waals surface area contributed by atoms with Crippen molar-refractivity contribution in [3.8, 4) is 11.8 Å². The minimum atomic E-state index is -1.43. The van der Waals surface area contributed by atoms with Gasteiger partial charge in [0.1, 0.15) is 0 Å². The molecule has 0 bridgehead atoms. The van der Waals surface area contributed by atoms with Crippen molar-refractivity contribution in [1.82, 2.24) is 0 Å². The average Bonchev–Trinajstić information content (AvgIpc) is 2.46. The monoisotopic (exact) mass is 264 g/mol. The van der Waals surface area contributed by atoms with Gasteiger partial charge in [-0.05, 0) is 42.6 Å². The molecule has 0 aliphatic carbocycles. The molecule has 0 aromatic heterocycles. The van der Waals surface area contributed by atoms with Gasteiger partial charge >= 0.3 is 7.12 Å². The van der Waals surface area contributed by atoms with Crippen LogP contribution in [0.3, 0.4) is 0 Å². The topological polar surface area (TPSA) is 40.5 Å². The highest BCUT2D eigenvalue weighted by Crippen LogP contribution is 2.08. The van der Waals surface area contributed by atoms with Crippen LogP contribution in [-0.2, 0) is 6.42 Å². The van der Waals surface area contributed by atoms with Crippen molar-refractivity contribution in [2.24, 2.45) is 0 Å². The van der Waals surface area contributed by atoms with Crippen molar-refractivity contribution >= 4 is 12.6 Å². The Morgan fingerprint density at radius 2 is 1.70 bits per heavy atom. The fourth-order valence-electron chi connectivity index (χ4n) is 1.97. The number of aryl methyl sites for hydroxylation is 2. The van der Waals surface area contributed by atoms with Crippen molar-refractivity contribution in [3.63, 3.8) is 0 Å². The lowest BCUT2D eigenvalue weighted by atomic mass is 9.78. The van der Waals surface area contributed by atoms with Crippen LogP contribution in [0.15, 0.2) is 42.5 Å². The average molecular weight is 264 g/mol. The molecule has 0 unspecified atom stereocenters. The Bertz CT molecular complexity index is 649. The first-order valence-corrected chi connectivity index (χ1v) is 6.68. The van der Waals surface area contributed by atoms with Crippen LogP contribution in [-0.4, -0.2) is 17.2 Å². The lowest BCUT2D eigenvalue weighted by molar-refractivity contribution is 0.425. The van der Waals surface area contributed by atoms with Crippen molar-refractivity contribution in [2.75, 3.05) is 0 Å². The molecule has 20 heavy (non-hydrogen) atoms. The van der Waals surface area contributed by atoms with Gasteiger partial charge in [-0.1, -0.05) is 48.6 Å². The molecule has 3 heteroatoms. The summed E-state index contributed by atoms with van der Waals surface area (Å²) in [6.07, 6.45) is 0.804. The maximum atomic E-state index is 9.19. The first-order chi connectivity index (χ1) is 9.60. The summed E-state index contributed by atoms with van der Waals surface area (Å²) in [7, 11) is -1.43. The molecule has 0 aliphatic heterocycles. The summed E-state index contributed by atoms with van der Waals surface area (Å²) in [4.78, 5) is 0. The Labute approximate surface area is 120 Å². The largest absolute Gasteiger partial charge is 0.488 e. The minimum Gasteiger partial charge on any atom is -0.423 e. The third-order valence-electron chi connectivity index (χ3n) is 3.20. The van der Waals surface area contributed by atoms with E-state index in [4.69, 9.17) is 0 Å². The Morgan fingerprint density at radius 1 is 1.00 bits per heavy atom. The maximum Gasteiger partial charge on any atom is 0.488 e. The molecule has 2 aromatic rings. The highest BCUT2D eigenvalue weighted by Gasteiger charge is 2.11. The van der Waals surface area contributed by atoms with E-state index in [2.05, 4.69) is 11.8 Å². The second kappa shape index (κ2) is 6.43. The van der Waals surface area contributed by atoms with E-state index in [1.165, 1.54) is 5.56 Å². The fourth-order valence-corrected chi connectivity index (χ4v) is 1.97. The van der Waals surface area contributed by atoms with Crippen molar-refractivity contribution < 1.29 is 10.0 Å². The third kappa shape index (κ3) is 3.51. The summed E-state index contributed by atoms with van der Waals surface area (Å²) in [5.74, 6) is 6.29. The van der Waals surface area contributed by atoms with Crippen LogP contribution in [0.1, 0.15) is 29.2 Å². The highest BCUT2D eigenvalue weighted by molar-refractivity contribution is 6.58. The molecule has 0 heterocycles. The predicted octanol–water partition coefficient (Wildman–Crippen LogP) is 1.64. The van der Waals surface area contributed by atoms with Gasteiger partial charge in [-0.3, -0.25) is 0 Å². The molecule has 0 fully saturated rings. The smallest absolute Gasteiger partial charge is 0.423 e. The van der Waals surface area contributed by atoms with Gasteiger partial charge in [-0.15, -0.1) is 0 Å². The first-order valence-electron chi connectivity index (χ1n) is 6.68. The molecule has 2 rings (SSSR count). The zero-order valence-electron chi connectivity index (χ0n) is 11.7. The predicted molar refractivity (Wildman–Crippen MR) is 82.8 cm³/mol. The van der Waals surface area contributed by atoms with Crippen LogP contribution in [0.25, 0.3) is 0 Å². The molecular formula is C17H17BO2. The lowest BCUT2D eigenvalue weighted by Crippen LogP contribution is -2.30. The summed E-state index contributed by atoms with van der Waals surface area (Å²) < 4.78 is 0. The highest BCUT2D eigenvalue weighted by atomic mass is 16.4. The number of hydrogen-bond donors (Lipinski definition) is 2. The molecule has 0 atom stereocenters. The third-order valence-corrected chi connectivity index (χ3v) is 3.20. The number of benzene rings is 2. The van der Waals surface area contributed by atoms with E-state index in [9.17, 15) is 10.0 Å². The van der Waals surface area contributed by atoms with E-state index >= 15 is 0 Å².